The third kappa shape index (κ3) is 3.74. The van der Waals surface area contributed by atoms with E-state index in [-0.39, 0.29) is 5.56 Å². The van der Waals surface area contributed by atoms with E-state index in [1.165, 1.54) is 6.07 Å². The number of nitrogens with one attached hydrogen (secondary N) is 1. The zero-order valence-electron chi connectivity index (χ0n) is 18.9. The van der Waals surface area contributed by atoms with Gasteiger partial charge in [0.25, 0.3) is 17.7 Å². The summed E-state index contributed by atoms with van der Waals surface area (Å²) in [7, 11) is 0. The second-order valence-electron chi connectivity index (χ2n) is 8.26. The molecule has 3 aromatic carbocycles. The quantitative estimate of drug-likeness (QED) is 0.433. The first-order valence-electron chi connectivity index (χ1n) is 11.3. The van der Waals surface area contributed by atoms with E-state index >= 15 is 0 Å². The smallest absolute Gasteiger partial charge is 0.266 e. The van der Waals surface area contributed by atoms with Crippen LogP contribution in [0.2, 0.25) is 0 Å². The van der Waals surface area contributed by atoms with Crippen molar-refractivity contribution in [2.75, 3.05) is 23.4 Å². The van der Waals surface area contributed by atoms with E-state index in [1.807, 2.05) is 24.3 Å². The number of benzene rings is 3. The molecule has 0 spiro atoms. The number of imide groups is 1. The van der Waals surface area contributed by atoms with Crippen LogP contribution in [0.25, 0.3) is 11.3 Å². The van der Waals surface area contributed by atoms with Gasteiger partial charge in [-0.2, -0.15) is 0 Å². The highest BCUT2D eigenvalue weighted by Crippen LogP contribution is 2.34. The Hall–Kier alpha value is -4.98. The van der Waals surface area contributed by atoms with Gasteiger partial charge in [0.15, 0.2) is 11.5 Å². The molecule has 0 fully saturated rings. The fraction of sp³-hybridized carbons (Fsp3) is 0.0714. The molecule has 0 aliphatic carbocycles. The van der Waals surface area contributed by atoms with E-state index in [0.29, 0.717) is 53.0 Å². The minimum atomic E-state index is -0.416. The summed E-state index contributed by atoms with van der Waals surface area (Å²) in [4.78, 5) is 44.3. The number of fused-ring (bicyclic) bond motifs is 2. The van der Waals surface area contributed by atoms with Crippen molar-refractivity contribution in [3.63, 3.8) is 0 Å². The number of nitrogens with zero attached hydrogens (tertiary/aromatic N) is 2. The van der Waals surface area contributed by atoms with Gasteiger partial charge in [0.2, 0.25) is 0 Å². The first kappa shape index (κ1) is 21.5. The van der Waals surface area contributed by atoms with E-state index in [1.54, 1.807) is 54.6 Å². The van der Waals surface area contributed by atoms with Crippen LogP contribution in [-0.4, -0.2) is 35.9 Å². The van der Waals surface area contributed by atoms with Gasteiger partial charge in [0, 0.05) is 11.1 Å². The largest absolute Gasteiger partial charge is 0.486 e. The Morgan fingerprint density at radius 2 is 1.50 bits per heavy atom. The molecular weight excluding hydrogens is 458 g/mol. The maximum Gasteiger partial charge on any atom is 0.266 e. The molecule has 0 atom stereocenters. The van der Waals surface area contributed by atoms with Crippen LogP contribution in [0.4, 0.5) is 11.5 Å². The van der Waals surface area contributed by atoms with Gasteiger partial charge in [-0.05, 0) is 60.7 Å². The molecule has 36 heavy (non-hydrogen) atoms. The number of pyridine rings is 1. The van der Waals surface area contributed by atoms with Crippen LogP contribution in [0.5, 0.6) is 11.5 Å². The third-order valence-corrected chi connectivity index (χ3v) is 5.99. The maximum absolute atomic E-state index is 13.0. The minimum Gasteiger partial charge on any atom is -0.486 e. The molecule has 2 aliphatic rings. The highest BCUT2D eigenvalue weighted by molar-refractivity contribution is 6.34. The second kappa shape index (κ2) is 8.66. The highest BCUT2D eigenvalue weighted by Gasteiger charge is 2.36. The zero-order chi connectivity index (χ0) is 24.6. The molecule has 1 aromatic heterocycles. The Kier molecular flexibility index (Phi) is 5.19. The van der Waals surface area contributed by atoms with Crippen molar-refractivity contribution in [3.8, 4) is 22.8 Å². The SMILES string of the molecule is O=C(Nc1cccc(-c2ccc3c(c2)OCCO3)n1)c1cccc(N2C(=O)c3ccccc3C2=O)c1. The average molecular weight is 477 g/mol. The van der Waals surface area contributed by atoms with Crippen molar-refractivity contribution in [2.24, 2.45) is 0 Å². The lowest BCUT2D eigenvalue weighted by Crippen LogP contribution is -2.29. The van der Waals surface area contributed by atoms with Crippen molar-refractivity contribution in [2.45, 2.75) is 0 Å². The fourth-order valence-electron chi connectivity index (χ4n) is 4.27. The van der Waals surface area contributed by atoms with Crippen LogP contribution >= 0.6 is 0 Å². The van der Waals surface area contributed by atoms with Gasteiger partial charge in [-0.15, -0.1) is 0 Å². The van der Waals surface area contributed by atoms with E-state index in [4.69, 9.17) is 9.47 Å². The molecule has 0 radical (unpaired) electrons. The molecule has 8 heteroatoms. The van der Waals surface area contributed by atoms with Crippen LogP contribution < -0.4 is 19.7 Å². The van der Waals surface area contributed by atoms with Crippen LogP contribution in [0.15, 0.2) is 84.9 Å². The lowest BCUT2D eigenvalue weighted by Gasteiger charge is -2.18. The minimum absolute atomic E-state index is 0.288. The summed E-state index contributed by atoms with van der Waals surface area (Å²) in [5.41, 5.74) is 2.78. The molecule has 176 valence electrons. The Morgan fingerprint density at radius 3 is 2.28 bits per heavy atom. The normalized spacial score (nSPS) is 13.9. The van der Waals surface area contributed by atoms with Gasteiger partial charge in [0.1, 0.15) is 19.0 Å². The predicted octanol–water partition coefficient (Wildman–Crippen LogP) is 4.57. The highest BCUT2D eigenvalue weighted by atomic mass is 16.6. The van der Waals surface area contributed by atoms with Gasteiger partial charge >= 0.3 is 0 Å². The molecule has 4 aromatic rings. The maximum atomic E-state index is 13.0. The van der Waals surface area contributed by atoms with Crippen LogP contribution in [0.3, 0.4) is 0 Å². The molecule has 0 saturated heterocycles. The van der Waals surface area contributed by atoms with Crippen molar-refractivity contribution in [1.82, 2.24) is 4.98 Å². The standard InChI is InChI=1S/C28H19N3O5/c32-26(18-5-3-6-19(15-18)31-27(33)20-7-1-2-8-21(20)28(31)34)30-25-10-4-9-22(29-25)17-11-12-23-24(16-17)36-14-13-35-23/h1-12,15-16H,13-14H2,(H,29,30,32). The molecule has 3 heterocycles. The third-order valence-electron chi connectivity index (χ3n) is 5.99. The molecular formula is C28H19N3O5. The Morgan fingerprint density at radius 1 is 0.778 bits per heavy atom. The summed E-state index contributed by atoms with van der Waals surface area (Å²) >= 11 is 0. The molecule has 6 rings (SSSR count). The number of anilines is 2. The molecule has 3 amide bonds. The number of ether oxygens (including phenoxy) is 2. The summed E-state index contributed by atoms with van der Waals surface area (Å²) in [5, 5.41) is 2.79. The van der Waals surface area contributed by atoms with E-state index in [0.717, 1.165) is 10.5 Å². The molecule has 8 nitrogen and oxygen atoms in total. The summed E-state index contributed by atoms with van der Waals surface area (Å²) < 4.78 is 11.2. The molecule has 0 saturated carbocycles. The average Bonchev–Trinajstić information content (AvgIpc) is 3.18. The van der Waals surface area contributed by atoms with E-state index in [2.05, 4.69) is 10.3 Å². The number of hydrogen-bond donors (Lipinski definition) is 1. The summed E-state index contributed by atoms with van der Waals surface area (Å²) in [6.45, 7) is 1.00. The van der Waals surface area contributed by atoms with Crippen LogP contribution in [-0.2, 0) is 0 Å². The van der Waals surface area contributed by atoms with Crippen molar-refractivity contribution in [3.05, 3.63) is 102 Å². The number of hydrogen-bond acceptors (Lipinski definition) is 6. The number of amides is 3. The van der Waals surface area contributed by atoms with E-state index < -0.39 is 17.7 Å². The van der Waals surface area contributed by atoms with Crippen molar-refractivity contribution in [1.29, 1.82) is 0 Å². The number of aromatic nitrogens is 1. The van der Waals surface area contributed by atoms with Gasteiger partial charge in [-0.1, -0.05) is 24.3 Å². The fourth-order valence-corrected chi connectivity index (χ4v) is 4.27. The molecule has 0 bridgehead atoms. The lowest BCUT2D eigenvalue weighted by molar-refractivity contribution is 0.0924. The Labute approximate surface area is 206 Å². The predicted molar refractivity (Wildman–Crippen MR) is 133 cm³/mol. The molecule has 0 unspecified atom stereocenters. The Balaban J connectivity index is 1.23. The van der Waals surface area contributed by atoms with Gasteiger partial charge in [-0.25, -0.2) is 9.88 Å². The summed E-state index contributed by atoms with van der Waals surface area (Å²) in [6, 6.07) is 23.9. The number of carbonyl (C=O) groups is 3. The molecule has 2 aliphatic heterocycles. The molecule has 1 N–H and O–H groups in total. The second-order valence-corrected chi connectivity index (χ2v) is 8.26. The van der Waals surface area contributed by atoms with Crippen molar-refractivity contribution >= 4 is 29.2 Å². The summed E-state index contributed by atoms with van der Waals surface area (Å²) in [5.74, 6) is 0.454. The summed E-state index contributed by atoms with van der Waals surface area (Å²) in [6.07, 6.45) is 0. The number of carbonyl (C=O) groups excluding carboxylic acids is 3. The van der Waals surface area contributed by atoms with Gasteiger partial charge < -0.3 is 14.8 Å². The number of rotatable bonds is 4. The van der Waals surface area contributed by atoms with E-state index in [9.17, 15) is 14.4 Å². The first-order valence-corrected chi connectivity index (χ1v) is 11.3. The van der Waals surface area contributed by atoms with Gasteiger partial charge in [-0.3, -0.25) is 14.4 Å². The van der Waals surface area contributed by atoms with Crippen LogP contribution in [0, 0.1) is 0 Å². The topological polar surface area (TPSA) is 97.8 Å². The van der Waals surface area contributed by atoms with Crippen LogP contribution in [0.1, 0.15) is 31.1 Å². The van der Waals surface area contributed by atoms with Crippen molar-refractivity contribution < 1.29 is 23.9 Å². The first-order chi connectivity index (χ1) is 17.6. The monoisotopic (exact) mass is 477 g/mol. The Bertz CT molecular complexity index is 1510. The lowest BCUT2D eigenvalue weighted by atomic mass is 10.1. The zero-order valence-corrected chi connectivity index (χ0v) is 18.9. The van der Waals surface area contributed by atoms with Gasteiger partial charge in [0.05, 0.1) is 22.5 Å².